The Labute approximate surface area is 144 Å². The summed E-state index contributed by atoms with van der Waals surface area (Å²) in [7, 11) is 0. The van der Waals surface area contributed by atoms with Crippen molar-refractivity contribution in [3.05, 3.63) is 31.8 Å². The van der Waals surface area contributed by atoms with Crippen LogP contribution in [0.15, 0.2) is 22.7 Å². The van der Waals surface area contributed by atoms with Crippen LogP contribution >= 0.6 is 38.5 Å². The first-order valence-electron chi connectivity index (χ1n) is 7.50. The third kappa shape index (κ3) is 4.97. The lowest BCUT2D eigenvalue weighted by molar-refractivity contribution is 0.0995. The minimum atomic E-state index is 0.420. The van der Waals surface area contributed by atoms with Crippen LogP contribution < -0.4 is 5.32 Å². The molecule has 0 aliphatic carbocycles. The van der Waals surface area contributed by atoms with Gasteiger partial charge in [0.2, 0.25) is 0 Å². The first kappa shape index (κ1) is 16.7. The minimum absolute atomic E-state index is 0.420. The molecule has 112 valence electrons. The van der Waals surface area contributed by atoms with Gasteiger partial charge in [-0.25, -0.2) is 0 Å². The quantitative estimate of drug-likeness (QED) is 0.585. The maximum atomic E-state index is 5.76. The predicted octanol–water partition coefficient (Wildman–Crippen LogP) is 5.05. The highest BCUT2D eigenvalue weighted by molar-refractivity contribution is 14.1. The van der Waals surface area contributed by atoms with Gasteiger partial charge in [-0.3, -0.25) is 0 Å². The van der Waals surface area contributed by atoms with Gasteiger partial charge in [-0.05, 0) is 85.0 Å². The van der Waals surface area contributed by atoms with Gasteiger partial charge in [0.1, 0.15) is 0 Å². The molecule has 1 saturated heterocycles. The standard InChI is InChI=1S/C16H23BrINO/c1-2-9-19-16(8-6-13-4-3-10-20-13)14-11-12(18)5-7-15(14)17/h5,7,11,13,16,19H,2-4,6,8-10H2,1H3. The van der Waals surface area contributed by atoms with Crippen molar-refractivity contribution in [2.24, 2.45) is 0 Å². The molecule has 0 spiro atoms. The number of halogens is 2. The Morgan fingerprint density at radius 1 is 1.50 bits per heavy atom. The summed E-state index contributed by atoms with van der Waals surface area (Å²) in [6.45, 7) is 4.23. The molecule has 20 heavy (non-hydrogen) atoms. The average Bonchev–Trinajstić information content (AvgIpc) is 2.95. The largest absolute Gasteiger partial charge is 0.378 e. The van der Waals surface area contributed by atoms with Crippen LogP contribution in [0, 0.1) is 3.57 Å². The fourth-order valence-electron chi connectivity index (χ4n) is 2.69. The van der Waals surface area contributed by atoms with Gasteiger partial charge in [-0.15, -0.1) is 0 Å². The highest BCUT2D eigenvalue weighted by atomic mass is 127. The van der Waals surface area contributed by atoms with Crippen LogP contribution in [0.25, 0.3) is 0 Å². The summed E-state index contributed by atoms with van der Waals surface area (Å²) in [5.74, 6) is 0. The molecule has 2 atom stereocenters. The van der Waals surface area contributed by atoms with E-state index in [2.05, 4.69) is 69.0 Å². The molecular formula is C16H23BrINO. The fraction of sp³-hybridized carbons (Fsp3) is 0.625. The Kier molecular flexibility index (Phi) is 7.28. The van der Waals surface area contributed by atoms with E-state index in [9.17, 15) is 0 Å². The highest BCUT2D eigenvalue weighted by Gasteiger charge is 2.20. The number of ether oxygens (including phenoxy) is 1. The topological polar surface area (TPSA) is 21.3 Å². The van der Waals surface area contributed by atoms with E-state index < -0.39 is 0 Å². The maximum Gasteiger partial charge on any atom is 0.0576 e. The molecular weight excluding hydrogens is 429 g/mol. The van der Waals surface area contributed by atoms with E-state index >= 15 is 0 Å². The molecule has 1 N–H and O–H groups in total. The van der Waals surface area contributed by atoms with Crippen LogP contribution in [0.2, 0.25) is 0 Å². The van der Waals surface area contributed by atoms with E-state index in [0.717, 1.165) is 32.4 Å². The van der Waals surface area contributed by atoms with Gasteiger partial charge in [0.05, 0.1) is 6.10 Å². The second kappa shape index (κ2) is 8.71. The molecule has 1 heterocycles. The van der Waals surface area contributed by atoms with Gasteiger partial charge in [0, 0.05) is 20.7 Å². The Morgan fingerprint density at radius 3 is 3.05 bits per heavy atom. The Balaban J connectivity index is 2.02. The summed E-state index contributed by atoms with van der Waals surface area (Å²) in [4.78, 5) is 0. The summed E-state index contributed by atoms with van der Waals surface area (Å²) < 4.78 is 8.26. The lowest BCUT2D eigenvalue weighted by atomic mass is 9.99. The number of hydrogen-bond donors (Lipinski definition) is 1. The third-order valence-corrected chi connectivity index (χ3v) is 5.17. The number of hydrogen-bond acceptors (Lipinski definition) is 2. The average molecular weight is 452 g/mol. The minimum Gasteiger partial charge on any atom is -0.378 e. The van der Waals surface area contributed by atoms with Crippen LogP contribution in [-0.2, 0) is 4.74 Å². The first-order valence-corrected chi connectivity index (χ1v) is 9.37. The summed E-state index contributed by atoms with van der Waals surface area (Å²) in [5, 5.41) is 3.69. The molecule has 0 aromatic heterocycles. The molecule has 1 aromatic carbocycles. The smallest absolute Gasteiger partial charge is 0.0576 e. The zero-order valence-corrected chi connectivity index (χ0v) is 15.7. The summed E-state index contributed by atoms with van der Waals surface area (Å²) >= 11 is 6.09. The highest BCUT2D eigenvalue weighted by Crippen LogP contribution is 2.30. The van der Waals surface area contributed by atoms with Crippen molar-refractivity contribution in [3.8, 4) is 0 Å². The molecule has 0 amide bonds. The zero-order chi connectivity index (χ0) is 14.4. The summed E-state index contributed by atoms with van der Waals surface area (Å²) in [6.07, 6.45) is 6.39. The van der Waals surface area contributed by atoms with E-state index in [0.29, 0.717) is 12.1 Å². The summed E-state index contributed by atoms with van der Waals surface area (Å²) in [5.41, 5.74) is 1.38. The van der Waals surface area contributed by atoms with Gasteiger partial charge in [0.25, 0.3) is 0 Å². The molecule has 2 unspecified atom stereocenters. The van der Waals surface area contributed by atoms with Gasteiger partial charge < -0.3 is 10.1 Å². The lowest BCUT2D eigenvalue weighted by Crippen LogP contribution is -2.24. The van der Waals surface area contributed by atoms with Crippen molar-refractivity contribution >= 4 is 38.5 Å². The van der Waals surface area contributed by atoms with Gasteiger partial charge in [-0.1, -0.05) is 22.9 Å². The van der Waals surface area contributed by atoms with Gasteiger partial charge in [0.15, 0.2) is 0 Å². The summed E-state index contributed by atoms with van der Waals surface area (Å²) in [6, 6.07) is 7.01. The normalized spacial score (nSPS) is 20.2. The molecule has 2 nitrogen and oxygen atoms in total. The van der Waals surface area contributed by atoms with Crippen molar-refractivity contribution in [1.29, 1.82) is 0 Å². The molecule has 1 aliphatic heterocycles. The number of nitrogens with one attached hydrogen (secondary N) is 1. The van der Waals surface area contributed by atoms with Gasteiger partial charge in [-0.2, -0.15) is 0 Å². The van der Waals surface area contributed by atoms with Crippen molar-refractivity contribution < 1.29 is 4.74 Å². The molecule has 0 saturated carbocycles. The van der Waals surface area contributed by atoms with Crippen molar-refractivity contribution in [1.82, 2.24) is 5.32 Å². The molecule has 0 radical (unpaired) electrons. The van der Waals surface area contributed by atoms with Crippen molar-refractivity contribution in [2.75, 3.05) is 13.2 Å². The van der Waals surface area contributed by atoms with Crippen LogP contribution in [0.4, 0.5) is 0 Å². The Bertz CT molecular complexity index is 421. The molecule has 1 aliphatic rings. The zero-order valence-electron chi connectivity index (χ0n) is 12.0. The number of rotatable bonds is 7. The van der Waals surface area contributed by atoms with Crippen LogP contribution in [0.1, 0.15) is 50.6 Å². The second-order valence-electron chi connectivity index (χ2n) is 5.38. The van der Waals surface area contributed by atoms with Crippen molar-refractivity contribution in [3.63, 3.8) is 0 Å². The SMILES string of the molecule is CCCNC(CCC1CCCO1)c1cc(I)ccc1Br. The Hall–Kier alpha value is 0.350. The van der Waals surface area contributed by atoms with Crippen LogP contribution in [-0.4, -0.2) is 19.3 Å². The fourth-order valence-corrected chi connectivity index (χ4v) is 3.73. The van der Waals surface area contributed by atoms with E-state index in [1.807, 2.05) is 0 Å². The first-order chi connectivity index (χ1) is 9.70. The van der Waals surface area contributed by atoms with Crippen LogP contribution in [0.3, 0.4) is 0 Å². The maximum absolute atomic E-state index is 5.76. The third-order valence-electron chi connectivity index (χ3n) is 3.78. The van der Waals surface area contributed by atoms with E-state index in [4.69, 9.17) is 4.74 Å². The monoisotopic (exact) mass is 451 g/mol. The Morgan fingerprint density at radius 2 is 2.35 bits per heavy atom. The molecule has 1 fully saturated rings. The number of benzene rings is 1. The van der Waals surface area contributed by atoms with Crippen molar-refractivity contribution in [2.45, 2.75) is 51.2 Å². The molecule has 0 bridgehead atoms. The predicted molar refractivity (Wildman–Crippen MR) is 96.1 cm³/mol. The molecule has 1 aromatic rings. The van der Waals surface area contributed by atoms with Gasteiger partial charge >= 0.3 is 0 Å². The second-order valence-corrected chi connectivity index (χ2v) is 7.48. The van der Waals surface area contributed by atoms with E-state index in [1.54, 1.807) is 0 Å². The molecule has 4 heteroatoms. The lowest BCUT2D eigenvalue weighted by Gasteiger charge is -2.22. The van der Waals surface area contributed by atoms with E-state index in [1.165, 1.54) is 26.4 Å². The van der Waals surface area contributed by atoms with Crippen LogP contribution in [0.5, 0.6) is 0 Å². The van der Waals surface area contributed by atoms with E-state index in [-0.39, 0.29) is 0 Å². The molecule has 2 rings (SSSR count).